The van der Waals surface area contributed by atoms with E-state index in [-0.39, 0.29) is 34.0 Å². The minimum absolute atomic E-state index is 0.211. The molecule has 2 spiro atoms. The predicted octanol–water partition coefficient (Wildman–Crippen LogP) is 4.75. The number of urea groups is 2. The Morgan fingerprint density at radius 3 is 1.09 bits per heavy atom. The minimum atomic E-state index is -0.941. The summed E-state index contributed by atoms with van der Waals surface area (Å²) in [4.78, 5) is 56.3. The fourth-order valence-corrected chi connectivity index (χ4v) is 9.10. The molecule has 0 bridgehead atoms. The fourth-order valence-electron chi connectivity index (χ4n) is 9.10. The maximum absolute atomic E-state index is 13.7. The van der Waals surface area contributed by atoms with Crippen molar-refractivity contribution in [2.45, 2.75) is 121 Å². The highest BCUT2D eigenvalue weighted by Crippen LogP contribution is 2.42. The smallest absolute Gasteiger partial charge is 0.323 e. The van der Waals surface area contributed by atoms with Gasteiger partial charge in [0.25, 0.3) is 11.8 Å². The number of hydrogen-bond donors (Lipinski definition) is 4. The van der Waals surface area contributed by atoms with Gasteiger partial charge in [0.2, 0.25) is 0 Å². The molecule has 0 unspecified atom stereocenters. The molecule has 4 N–H and O–H groups in total. The van der Waals surface area contributed by atoms with E-state index in [4.69, 9.17) is 0 Å². The van der Waals surface area contributed by atoms with E-state index in [1.165, 1.54) is 9.80 Å². The van der Waals surface area contributed by atoms with Crippen LogP contribution in [0.15, 0.2) is 48.5 Å². The SMILES string of the molecule is CC1(C)CC2(CC(C)(C)N1)NC(=O)N(c1ccc(Cc3ccc(N4C(=O)NC5(CC(C)(C)NC(C)(C)C5)C4=O)cc3)cc1)C2=O. The number of rotatable bonds is 4. The van der Waals surface area contributed by atoms with Crippen molar-refractivity contribution >= 4 is 35.3 Å². The van der Waals surface area contributed by atoms with Crippen LogP contribution < -0.4 is 31.1 Å². The summed E-state index contributed by atoms with van der Waals surface area (Å²) in [6.45, 7) is 16.5. The molecule has 4 aliphatic heterocycles. The predicted molar refractivity (Wildman–Crippen MR) is 174 cm³/mol. The molecule has 0 aromatic heterocycles. The molecule has 0 saturated carbocycles. The van der Waals surface area contributed by atoms with Gasteiger partial charge in [-0.25, -0.2) is 19.4 Å². The van der Waals surface area contributed by atoms with Crippen LogP contribution in [-0.4, -0.2) is 57.1 Å². The number of benzene rings is 2. The van der Waals surface area contributed by atoms with Crippen molar-refractivity contribution in [3.63, 3.8) is 0 Å². The Kier molecular flexibility index (Phi) is 6.85. The lowest BCUT2D eigenvalue weighted by Crippen LogP contribution is -2.68. The molecule has 10 nitrogen and oxygen atoms in total. The van der Waals surface area contributed by atoms with Gasteiger partial charge in [-0.3, -0.25) is 9.59 Å². The van der Waals surface area contributed by atoms with Gasteiger partial charge in [-0.15, -0.1) is 0 Å². The van der Waals surface area contributed by atoms with Gasteiger partial charge in [0.05, 0.1) is 11.4 Å². The first kappa shape index (κ1) is 31.2. The second-order valence-corrected chi connectivity index (χ2v) is 16.3. The van der Waals surface area contributed by atoms with Crippen molar-refractivity contribution in [3.05, 3.63) is 59.7 Å². The number of imide groups is 2. The van der Waals surface area contributed by atoms with Crippen LogP contribution in [0, 0.1) is 0 Å². The second kappa shape index (κ2) is 9.87. The maximum atomic E-state index is 13.7. The first-order valence-corrected chi connectivity index (χ1v) is 15.8. The van der Waals surface area contributed by atoms with Gasteiger partial charge in [-0.2, -0.15) is 0 Å². The van der Waals surface area contributed by atoms with Crippen molar-refractivity contribution in [1.29, 1.82) is 0 Å². The molecular formula is C35H46N6O4. The zero-order valence-electron chi connectivity index (χ0n) is 27.7. The van der Waals surface area contributed by atoms with Crippen LogP contribution in [-0.2, 0) is 16.0 Å². The highest BCUT2D eigenvalue weighted by molar-refractivity contribution is 6.24. The summed E-state index contributed by atoms with van der Waals surface area (Å²) in [6.07, 6.45) is 2.65. The normalized spacial score (nSPS) is 25.5. The highest BCUT2D eigenvalue weighted by Gasteiger charge is 2.60. The molecule has 10 heteroatoms. The molecule has 4 saturated heterocycles. The maximum Gasteiger partial charge on any atom is 0.329 e. The Hall–Kier alpha value is -3.76. The number of carbonyl (C=O) groups excluding carboxylic acids is 4. The Balaban J connectivity index is 1.15. The van der Waals surface area contributed by atoms with E-state index < -0.39 is 23.1 Å². The van der Waals surface area contributed by atoms with Gasteiger partial charge in [0.15, 0.2) is 0 Å². The first-order valence-electron chi connectivity index (χ1n) is 15.8. The summed E-state index contributed by atoms with van der Waals surface area (Å²) in [5, 5.41) is 13.2. The number of anilines is 2. The largest absolute Gasteiger partial charge is 0.329 e. The molecule has 4 fully saturated rings. The van der Waals surface area contributed by atoms with Crippen molar-refractivity contribution in [2.24, 2.45) is 0 Å². The molecule has 0 radical (unpaired) electrons. The Labute approximate surface area is 265 Å². The van der Waals surface area contributed by atoms with Crippen LogP contribution in [0.4, 0.5) is 21.0 Å². The molecule has 0 atom stereocenters. The zero-order valence-corrected chi connectivity index (χ0v) is 27.7. The molecule has 240 valence electrons. The monoisotopic (exact) mass is 614 g/mol. The molecule has 0 aliphatic carbocycles. The van der Waals surface area contributed by atoms with Crippen LogP contribution >= 0.6 is 0 Å². The molecule has 2 aromatic rings. The summed E-state index contributed by atoms with van der Waals surface area (Å²) < 4.78 is 0. The minimum Gasteiger partial charge on any atom is -0.323 e. The first-order chi connectivity index (χ1) is 20.7. The number of nitrogens with one attached hydrogen (secondary N) is 4. The van der Waals surface area contributed by atoms with E-state index in [2.05, 4.69) is 76.7 Å². The number of piperidine rings is 2. The lowest BCUT2D eigenvalue weighted by molar-refractivity contribution is -0.126. The lowest BCUT2D eigenvalue weighted by Gasteiger charge is -2.50. The topological polar surface area (TPSA) is 123 Å². The third-order valence-corrected chi connectivity index (χ3v) is 9.45. The van der Waals surface area contributed by atoms with Crippen molar-refractivity contribution in [3.8, 4) is 0 Å². The third-order valence-electron chi connectivity index (χ3n) is 9.45. The summed E-state index contributed by atoms with van der Waals surface area (Å²) in [5.74, 6) is -0.422. The van der Waals surface area contributed by atoms with Gasteiger partial charge >= 0.3 is 12.1 Å². The van der Waals surface area contributed by atoms with Gasteiger partial charge in [-0.1, -0.05) is 24.3 Å². The molecule has 6 amide bonds. The van der Waals surface area contributed by atoms with Crippen molar-refractivity contribution < 1.29 is 19.2 Å². The fraction of sp³-hybridized carbons (Fsp3) is 0.543. The lowest BCUT2D eigenvalue weighted by atomic mass is 9.70. The Morgan fingerprint density at radius 1 is 0.511 bits per heavy atom. The molecular weight excluding hydrogens is 568 g/mol. The van der Waals surface area contributed by atoms with Gasteiger partial charge < -0.3 is 21.3 Å². The summed E-state index contributed by atoms with van der Waals surface area (Å²) in [6, 6.07) is 14.2. The van der Waals surface area contributed by atoms with E-state index in [0.29, 0.717) is 43.5 Å². The van der Waals surface area contributed by atoms with E-state index in [0.717, 1.165) is 11.1 Å². The van der Waals surface area contributed by atoms with Crippen LogP contribution in [0.3, 0.4) is 0 Å². The van der Waals surface area contributed by atoms with Crippen LogP contribution in [0.1, 0.15) is 92.2 Å². The second-order valence-electron chi connectivity index (χ2n) is 16.3. The van der Waals surface area contributed by atoms with E-state index in [9.17, 15) is 19.2 Å². The van der Waals surface area contributed by atoms with Crippen LogP contribution in [0.25, 0.3) is 0 Å². The van der Waals surface area contributed by atoms with Crippen molar-refractivity contribution in [2.75, 3.05) is 9.80 Å². The average Bonchev–Trinajstić information content (AvgIpc) is 3.22. The number of hydrogen-bond acceptors (Lipinski definition) is 6. The standard InChI is InChI=1S/C35H46N6O4/c1-30(2)18-34(19-31(3,4)38-30)26(42)40(28(44)36-34)24-13-9-22(10-14-24)17-23-11-15-25(16-12-23)41-27(43)35(37-29(41)45)20-32(5,6)39-33(7,8)21-35/h9-16,38-39H,17-21H2,1-8H3,(H,36,44)(H,37,45). The summed E-state index contributed by atoms with van der Waals surface area (Å²) in [7, 11) is 0. The summed E-state index contributed by atoms with van der Waals surface area (Å²) >= 11 is 0. The Morgan fingerprint density at radius 2 is 0.800 bits per heavy atom. The van der Waals surface area contributed by atoms with Crippen LogP contribution in [0.5, 0.6) is 0 Å². The number of nitrogens with zero attached hydrogens (tertiary/aromatic N) is 2. The zero-order chi connectivity index (χ0) is 32.8. The van der Waals surface area contributed by atoms with Crippen LogP contribution in [0.2, 0.25) is 0 Å². The van der Waals surface area contributed by atoms with E-state index in [1.54, 1.807) is 0 Å². The van der Waals surface area contributed by atoms with E-state index in [1.807, 2.05) is 48.5 Å². The molecule has 6 rings (SSSR count). The molecule has 45 heavy (non-hydrogen) atoms. The molecule has 4 aliphatic rings. The highest BCUT2D eigenvalue weighted by atomic mass is 16.2. The summed E-state index contributed by atoms with van der Waals surface area (Å²) in [5.41, 5.74) is -0.0337. The quantitative estimate of drug-likeness (QED) is 0.369. The number of amides is 6. The third kappa shape index (κ3) is 5.63. The van der Waals surface area contributed by atoms with Gasteiger partial charge in [0.1, 0.15) is 11.1 Å². The average molecular weight is 615 g/mol. The van der Waals surface area contributed by atoms with Crippen molar-refractivity contribution in [1.82, 2.24) is 21.3 Å². The van der Waals surface area contributed by atoms with E-state index >= 15 is 0 Å². The van der Waals surface area contributed by atoms with Gasteiger partial charge in [-0.05, 0) is 123 Å². The molecule has 4 heterocycles. The molecule has 2 aromatic carbocycles. The number of carbonyl (C=O) groups is 4. The van der Waals surface area contributed by atoms with Gasteiger partial charge in [0, 0.05) is 22.2 Å². The Bertz CT molecular complexity index is 1420.